The summed E-state index contributed by atoms with van der Waals surface area (Å²) >= 11 is 0. The summed E-state index contributed by atoms with van der Waals surface area (Å²) in [4.78, 5) is 10.6. The van der Waals surface area contributed by atoms with E-state index < -0.39 is 0 Å². The van der Waals surface area contributed by atoms with E-state index >= 15 is 0 Å². The van der Waals surface area contributed by atoms with Crippen molar-refractivity contribution in [2.75, 3.05) is 0 Å². The third-order valence-electron chi connectivity index (χ3n) is 2.61. The maximum absolute atomic E-state index is 10.9. The van der Waals surface area contributed by atoms with Gasteiger partial charge in [0.2, 0.25) is 12.0 Å². The Hall–Kier alpha value is -2.17. The van der Waals surface area contributed by atoms with Gasteiger partial charge in [-0.3, -0.25) is 10.1 Å². The van der Waals surface area contributed by atoms with Gasteiger partial charge in [-0.2, -0.15) is 4.57 Å². The number of rotatable bonds is 3. The van der Waals surface area contributed by atoms with Crippen molar-refractivity contribution in [1.82, 2.24) is 4.57 Å². The standard InChI is InChI=1S/C12H14N3O2/c1-10(2)13-7-8-14(9-13)11-5-3-4-6-12(11)15(16)17/h3-10H,1-2H3/q+1. The molecule has 0 saturated heterocycles. The second kappa shape index (κ2) is 4.37. The third kappa shape index (κ3) is 2.18. The molecule has 0 aliphatic heterocycles. The van der Waals surface area contributed by atoms with E-state index in [1.165, 1.54) is 6.07 Å². The van der Waals surface area contributed by atoms with Crippen LogP contribution in [-0.2, 0) is 0 Å². The molecular weight excluding hydrogens is 218 g/mol. The van der Waals surface area contributed by atoms with Crippen LogP contribution in [0.4, 0.5) is 5.69 Å². The molecule has 0 bridgehead atoms. The molecule has 0 atom stereocenters. The van der Waals surface area contributed by atoms with E-state index in [-0.39, 0.29) is 10.6 Å². The highest BCUT2D eigenvalue weighted by Crippen LogP contribution is 2.21. The summed E-state index contributed by atoms with van der Waals surface area (Å²) in [6, 6.07) is 7.04. The highest BCUT2D eigenvalue weighted by atomic mass is 16.6. The molecule has 17 heavy (non-hydrogen) atoms. The Balaban J connectivity index is 2.49. The molecule has 1 aromatic heterocycles. The first-order valence-electron chi connectivity index (χ1n) is 5.42. The van der Waals surface area contributed by atoms with Crippen molar-refractivity contribution < 1.29 is 9.49 Å². The van der Waals surface area contributed by atoms with Crippen molar-refractivity contribution in [2.45, 2.75) is 19.9 Å². The minimum Gasteiger partial charge on any atom is -0.258 e. The van der Waals surface area contributed by atoms with Crippen molar-refractivity contribution in [2.24, 2.45) is 0 Å². The quantitative estimate of drug-likeness (QED) is 0.463. The van der Waals surface area contributed by atoms with E-state index in [1.807, 2.05) is 23.3 Å². The summed E-state index contributed by atoms with van der Waals surface area (Å²) in [6.45, 7) is 4.12. The SMILES string of the molecule is CC(C)[n+]1ccn(-c2ccccc2[N+](=O)[O-])c1. The van der Waals surface area contributed by atoms with Gasteiger partial charge in [-0.25, -0.2) is 4.57 Å². The topological polar surface area (TPSA) is 52.0 Å². The van der Waals surface area contributed by atoms with E-state index in [0.717, 1.165) is 0 Å². The summed E-state index contributed by atoms with van der Waals surface area (Å²) < 4.78 is 3.76. The number of para-hydroxylation sites is 2. The Morgan fingerprint density at radius 3 is 2.65 bits per heavy atom. The number of benzene rings is 1. The largest absolute Gasteiger partial charge is 0.316 e. The fraction of sp³-hybridized carbons (Fsp3) is 0.250. The van der Waals surface area contributed by atoms with Crippen LogP contribution >= 0.6 is 0 Å². The van der Waals surface area contributed by atoms with Crippen LogP contribution < -0.4 is 4.57 Å². The van der Waals surface area contributed by atoms with Crippen molar-refractivity contribution in [3.8, 4) is 5.69 Å². The maximum Gasteiger partial charge on any atom is 0.316 e. The zero-order valence-corrected chi connectivity index (χ0v) is 9.78. The summed E-state index contributed by atoms with van der Waals surface area (Å²) in [5.41, 5.74) is 0.691. The van der Waals surface area contributed by atoms with Crippen LogP contribution in [0.5, 0.6) is 0 Å². The number of hydrogen-bond acceptors (Lipinski definition) is 2. The number of nitro groups is 1. The van der Waals surface area contributed by atoms with Gasteiger partial charge in [0.05, 0.1) is 11.0 Å². The van der Waals surface area contributed by atoms with Crippen LogP contribution in [-0.4, -0.2) is 9.49 Å². The summed E-state index contributed by atoms with van der Waals surface area (Å²) in [5, 5.41) is 10.9. The normalized spacial score (nSPS) is 10.8. The maximum atomic E-state index is 10.9. The monoisotopic (exact) mass is 232 g/mol. The first kappa shape index (κ1) is 11.3. The van der Waals surface area contributed by atoms with Gasteiger partial charge < -0.3 is 0 Å². The van der Waals surface area contributed by atoms with Crippen LogP contribution in [0.3, 0.4) is 0 Å². The van der Waals surface area contributed by atoms with Crippen molar-refractivity contribution in [1.29, 1.82) is 0 Å². The first-order chi connectivity index (χ1) is 8.09. The second-order valence-corrected chi connectivity index (χ2v) is 4.11. The lowest BCUT2D eigenvalue weighted by atomic mass is 10.2. The van der Waals surface area contributed by atoms with Crippen LogP contribution in [0.2, 0.25) is 0 Å². The average molecular weight is 232 g/mol. The number of nitro benzene ring substituents is 1. The van der Waals surface area contributed by atoms with E-state index in [2.05, 4.69) is 13.8 Å². The minimum atomic E-state index is -0.366. The predicted molar refractivity (Wildman–Crippen MR) is 63.0 cm³/mol. The molecule has 1 heterocycles. The average Bonchev–Trinajstić information content (AvgIpc) is 2.78. The molecule has 0 N–H and O–H groups in total. The van der Waals surface area contributed by atoms with Gasteiger partial charge in [-0.05, 0) is 19.9 Å². The zero-order valence-electron chi connectivity index (χ0n) is 9.78. The smallest absolute Gasteiger partial charge is 0.258 e. The Morgan fingerprint density at radius 1 is 1.35 bits per heavy atom. The van der Waals surface area contributed by atoms with Gasteiger partial charge in [0.1, 0.15) is 12.4 Å². The van der Waals surface area contributed by atoms with Crippen molar-refractivity contribution in [3.63, 3.8) is 0 Å². The molecule has 0 saturated carbocycles. The molecule has 0 unspecified atom stereocenters. The Morgan fingerprint density at radius 2 is 2.06 bits per heavy atom. The molecule has 5 nitrogen and oxygen atoms in total. The van der Waals surface area contributed by atoms with E-state index in [4.69, 9.17) is 0 Å². The molecule has 0 fully saturated rings. The van der Waals surface area contributed by atoms with Gasteiger partial charge in [-0.15, -0.1) is 0 Å². The molecule has 2 rings (SSSR count). The molecule has 0 aliphatic carbocycles. The van der Waals surface area contributed by atoms with Gasteiger partial charge in [0, 0.05) is 6.07 Å². The van der Waals surface area contributed by atoms with Crippen LogP contribution in [0.1, 0.15) is 19.9 Å². The lowest BCUT2D eigenvalue weighted by Crippen LogP contribution is -2.33. The lowest BCUT2D eigenvalue weighted by molar-refractivity contribution is -0.715. The van der Waals surface area contributed by atoms with Gasteiger partial charge in [0.25, 0.3) is 0 Å². The van der Waals surface area contributed by atoms with E-state index in [1.54, 1.807) is 22.8 Å². The van der Waals surface area contributed by atoms with Crippen molar-refractivity contribution >= 4 is 5.69 Å². The Kier molecular flexibility index (Phi) is 2.91. The molecule has 0 radical (unpaired) electrons. The number of aromatic nitrogens is 2. The molecule has 2 aromatic rings. The summed E-state index contributed by atoms with van der Waals surface area (Å²) in [5.74, 6) is 0. The number of imidazole rings is 1. The number of hydrogen-bond donors (Lipinski definition) is 0. The minimum absolute atomic E-state index is 0.110. The molecule has 0 spiro atoms. The fourth-order valence-electron chi connectivity index (χ4n) is 1.65. The van der Waals surface area contributed by atoms with E-state index in [9.17, 15) is 10.1 Å². The van der Waals surface area contributed by atoms with Crippen LogP contribution in [0.15, 0.2) is 43.0 Å². The molecular formula is C12H14N3O2+. The van der Waals surface area contributed by atoms with Crippen LogP contribution in [0.25, 0.3) is 5.69 Å². The Labute approximate surface area is 99.1 Å². The van der Waals surface area contributed by atoms with Crippen molar-refractivity contribution in [3.05, 3.63) is 53.1 Å². The van der Waals surface area contributed by atoms with Crippen LogP contribution in [0, 0.1) is 10.1 Å². The summed E-state index contributed by atoms with van der Waals surface area (Å²) in [7, 11) is 0. The van der Waals surface area contributed by atoms with E-state index in [0.29, 0.717) is 11.7 Å². The zero-order chi connectivity index (χ0) is 12.4. The molecule has 88 valence electrons. The lowest BCUT2D eigenvalue weighted by Gasteiger charge is -1.99. The third-order valence-corrected chi connectivity index (χ3v) is 2.61. The summed E-state index contributed by atoms with van der Waals surface area (Å²) in [6.07, 6.45) is 5.58. The first-order valence-corrected chi connectivity index (χ1v) is 5.42. The highest BCUT2D eigenvalue weighted by molar-refractivity contribution is 5.51. The Bertz CT molecular complexity index is 546. The molecule has 0 aliphatic rings. The second-order valence-electron chi connectivity index (χ2n) is 4.11. The van der Waals surface area contributed by atoms with Gasteiger partial charge >= 0.3 is 5.69 Å². The van der Waals surface area contributed by atoms with Gasteiger partial charge in [-0.1, -0.05) is 12.1 Å². The fourth-order valence-corrected chi connectivity index (χ4v) is 1.65. The van der Waals surface area contributed by atoms with Gasteiger partial charge in [0.15, 0.2) is 0 Å². The molecule has 5 heteroatoms. The number of nitrogens with zero attached hydrogens (tertiary/aromatic N) is 3. The highest BCUT2D eigenvalue weighted by Gasteiger charge is 2.19. The molecule has 1 aromatic carbocycles. The molecule has 0 amide bonds. The predicted octanol–water partition coefficient (Wildman–Crippen LogP) is 2.25.